The summed E-state index contributed by atoms with van der Waals surface area (Å²) >= 11 is 12.1. The Morgan fingerprint density at radius 1 is 1.14 bits per heavy atom. The average Bonchev–Trinajstić information content (AvgIpc) is 2.81. The monoisotopic (exact) mass is 518 g/mol. The lowest BCUT2D eigenvalue weighted by Gasteiger charge is -2.25. The van der Waals surface area contributed by atoms with Crippen molar-refractivity contribution in [1.82, 2.24) is 9.88 Å². The normalized spacial score (nSPS) is 14.4. The van der Waals surface area contributed by atoms with Gasteiger partial charge >= 0.3 is 6.16 Å². The van der Waals surface area contributed by atoms with Crippen LogP contribution in [0.3, 0.4) is 0 Å². The molecular formula is C24H20Cl2N2O7. The number of aromatic nitrogens is 1. The van der Waals surface area contributed by atoms with Gasteiger partial charge < -0.3 is 29.2 Å². The number of nitrogens with zero attached hydrogens (tertiary/aromatic N) is 1. The maximum absolute atomic E-state index is 12.4. The van der Waals surface area contributed by atoms with Crippen molar-refractivity contribution in [3.8, 4) is 17.2 Å². The molecule has 0 spiro atoms. The third-order valence-electron chi connectivity index (χ3n) is 5.23. The Morgan fingerprint density at radius 2 is 1.91 bits per heavy atom. The first-order valence-electron chi connectivity index (χ1n) is 10.6. The summed E-state index contributed by atoms with van der Waals surface area (Å²) in [5.74, 6) is 0.873. The van der Waals surface area contributed by atoms with Gasteiger partial charge in [0.05, 0.1) is 11.6 Å². The Bertz CT molecular complexity index is 1310. The lowest BCUT2D eigenvalue weighted by Crippen LogP contribution is -2.30. The van der Waals surface area contributed by atoms with Gasteiger partial charge in [-0.25, -0.2) is 4.79 Å². The van der Waals surface area contributed by atoms with Crippen molar-refractivity contribution in [3.05, 3.63) is 86.3 Å². The van der Waals surface area contributed by atoms with E-state index in [2.05, 4.69) is 5.32 Å². The lowest BCUT2D eigenvalue weighted by atomic mass is 10.0. The number of pyridine rings is 1. The first-order valence-corrected chi connectivity index (χ1v) is 11.3. The number of fused-ring (bicyclic) bond motifs is 1. The highest BCUT2D eigenvalue weighted by Gasteiger charge is 2.27. The molecule has 0 fully saturated rings. The first kappa shape index (κ1) is 24.4. The number of rotatable bonds is 7. The molecule has 1 aliphatic heterocycles. The molecule has 11 heteroatoms. The Kier molecular flexibility index (Phi) is 7.48. The van der Waals surface area contributed by atoms with Crippen molar-refractivity contribution < 1.29 is 28.9 Å². The number of carbonyl (C=O) groups excluding carboxylic acids is 1. The Labute approximate surface area is 209 Å². The Hall–Kier alpha value is -3.69. The van der Waals surface area contributed by atoms with Gasteiger partial charge in [0.15, 0.2) is 0 Å². The summed E-state index contributed by atoms with van der Waals surface area (Å²) in [5.41, 5.74) is 0.697. The van der Waals surface area contributed by atoms with Gasteiger partial charge in [-0.1, -0.05) is 23.2 Å². The summed E-state index contributed by atoms with van der Waals surface area (Å²) in [4.78, 5) is 35.2. The second-order valence-corrected chi connectivity index (χ2v) is 8.43. The molecule has 1 aliphatic rings. The second kappa shape index (κ2) is 10.7. The van der Waals surface area contributed by atoms with Crippen LogP contribution >= 0.6 is 23.2 Å². The van der Waals surface area contributed by atoms with Gasteiger partial charge in [0, 0.05) is 54.0 Å². The molecule has 1 aromatic heterocycles. The second-order valence-electron chi connectivity index (χ2n) is 7.59. The van der Waals surface area contributed by atoms with Crippen LogP contribution in [0.4, 0.5) is 4.79 Å². The molecule has 2 aromatic carbocycles. The molecule has 0 saturated carbocycles. The van der Waals surface area contributed by atoms with Crippen molar-refractivity contribution in [3.63, 3.8) is 0 Å². The summed E-state index contributed by atoms with van der Waals surface area (Å²) < 4.78 is 17.8. The van der Waals surface area contributed by atoms with Crippen LogP contribution in [-0.4, -0.2) is 34.9 Å². The van der Waals surface area contributed by atoms with E-state index in [1.165, 1.54) is 10.6 Å². The fourth-order valence-electron chi connectivity index (χ4n) is 3.54. The molecule has 2 N–H and O–H groups in total. The molecule has 1 unspecified atom stereocenters. The van der Waals surface area contributed by atoms with Crippen LogP contribution in [0.15, 0.2) is 59.5 Å². The van der Waals surface area contributed by atoms with Crippen LogP contribution in [-0.2, 0) is 11.3 Å². The van der Waals surface area contributed by atoms with Crippen molar-refractivity contribution in [2.45, 2.75) is 19.1 Å². The van der Waals surface area contributed by atoms with Gasteiger partial charge in [-0.15, -0.1) is 0 Å². The minimum absolute atomic E-state index is 0.246. The summed E-state index contributed by atoms with van der Waals surface area (Å²) in [6, 6.07) is 12.5. The van der Waals surface area contributed by atoms with E-state index >= 15 is 0 Å². The summed E-state index contributed by atoms with van der Waals surface area (Å²) in [6.45, 7) is 0.860. The van der Waals surface area contributed by atoms with E-state index in [0.717, 1.165) is 0 Å². The van der Waals surface area contributed by atoms with E-state index in [9.17, 15) is 14.4 Å². The molecule has 2 heterocycles. The molecule has 182 valence electrons. The fourth-order valence-corrected chi connectivity index (χ4v) is 3.90. The van der Waals surface area contributed by atoms with Gasteiger partial charge in [0.25, 0.3) is 11.5 Å². The van der Waals surface area contributed by atoms with E-state index in [1.54, 1.807) is 48.7 Å². The zero-order valence-electron chi connectivity index (χ0n) is 18.2. The average molecular weight is 519 g/mol. The van der Waals surface area contributed by atoms with Crippen molar-refractivity contribution in [2.24, 2.45) is 0 Å². The van der Waals surface area contributed by atoms with E-state index in [-0.39, 0.29) is 23.0 Å². The maximum atomic E-state index is 12.4. The number of halogens is 2. The number of carbonyl (C=O) groups is 2. The maximum Gasteiger partial charge on any atom is 0.506 e. The van der Waals surface area contributed by atoms with Gasteiger partial charge in [0.1, 0.15) is 23.4 Å². The van der Waals surface area contributed by atoms with Crippen molar-refractivity contribution >= 4 is 35.3 Å². The Morgan fingerprint density at radius 3 is 2.63 bits per heavy atom. The molecule has 0 bridgehead atoms. The zero-order chi connectivity index (χ0) is 24.9. The van der Waals surface area contributed by atoms with Crippen LogP contribution in [0, 0.1) is 0 Å². The molecule has 9 nitrogen and oxygen atoms in total. The van der Waals surface area contributed by atoms with E-state index in [4.69, 9.17) is 42.5 Å². The summed E-state index contributed by atoms with van der Waals surface area (Å²) in [6.07, 6.45) is -0.0872. The van der Waals surface area contributed by atoms with Gasteiger partial charge in [-0.2, -0.15) is 0 Å². The number of hydrogen-bond acceptors (Lipinski definition) is 6. The number of ether oxygens (including phenoxy) is 3. The molecule has 1 atom stereocenters. The minimum atomic E-state index is -1.37. The Balaban J connectivity index is 1.38. The smallest absolute Gasteiger partial charge is 0.493 e. The third-order valence-corrected chi connectivity index (χ3v) is 5.76. The molecule has 0 aliphatic carbocycles. The van der Waals surface area contributed by atoms with Crippen LogP contribution in [0.1, 0.15) is 28.4 Å². The lowest BCUT2D eigenvalue weighted by molar-refractivity contribution is 0.0326. The standard InChI is InChI=1S/C24H20Cl2N2O7/c25-15-5-8-28(22(29)11-15)9-7-27-23(30)14-1-3-16(4-2-14)34-21-13-20-17(12-18(21)26)19(6-10-33-20)35-24(31)32/h1-5,8,11-13,19H,6-7,9-10H2,(H,27,30)(H,31,32). The highest BCUT2D eigenvalue weighted by Crippen LogP contribution is 2.42. The quantitative estimate of drug-likeness (QED) is 0.427. The number of hydrogen-bond donors (Lipinski definition) is 2. The molecule has 0 radical (unpaired) electrons. The van der Waals surface area contributed by atoms with Gasteiger partial charge in [0.2, 0.25) is 0 Å². The van der Waals surface area contributed by atoms with Crippen LogP contribution in [0.2, 0.25) is 10.0 Å². The van der Waals surface area contributed by atoms with E-state index in [0.29, 0.717) is 53.0 Å². The topological polar surface area (TPSA) is 116 Å². The predicted octanol–water partition coefficient (Wildman–Crippen LogP) is 4.90. The predicted molar refractivity (Wildman–Crippen MR) is 128 cm³/mol. The largest absolute Gasteiger partial charge is 0.506 e. The van der Waals surface area contributed by atoms with Crippen molar-refractivity contribution in [2.75, 3.05) is 13.2 Å². The third kappa shape index (κ3) is 6.06. The zero-order valence-corrected chi connectivity index (χ0v) is 19.7. The van der Waals surface area contributed by atoms with Crippen molar-refractivity contribution in [1.29, 1.82) is 0 Å². The fraction of sp³-hybridized carbons (Fsp3) is 0.208. The number of benzene rings is 2. The summed E-state index contributed by atoms with van der Waals surface area (Å²) in [5, 5.41) is 12.3. The first-order chi connectivity index (χ1) is 16.8. The highest BCUT2D eigenvalue weighted by molar-refractivity contribution is 6.32. The highest BCUT2D eigenvalue weighted by atomic mass is 35.5. The minimum Gasteiger partial charge on any atom is -0.493 e. The SMILES string of the molecule is O=C(O)OC1CCOc2cc(Oc3ccc(C(=O)NCCn4ccc(Cl)cc4=O)cc3)c(Cl)cc21. The summed E-state index contributed by atoms with van der Waals surface area (Å²) in [7, 11) is 0. The van der Waals surface area contributed by atoms with Crippen LogP contribution in [0.5, 0.6) is 17.2 Å². The van der Waals surface area contributed by atoms with E-state index in [1.807, 2.05) is 0 Å². The molecule has 1 amide bonds. The van der Waals surface area contributed by atoms with Gasteiger partial charge in [-0.3, -0.25) is 9.59 Å². The molecule has 4 rings (SSSR count). The molecule has 0 saturated heterocycles. The molecule has 3 aromatic rings. The van der Waals surface area contributed by atoms with E-state index < -0.39 is 12.3 Å². The van der Waals surface area contributed by atoms with Crippen LogP contribution in [0.25, 0.3) is 0 Å². The van der Waals surface area contributed by atoms with Crippen LogP contribution < -0.4 is 20.3 Å². The van der Waals surface area contributed by atoms with Gasteiger partial charge in [-0.05, 0) is 36.4 Å². The molecular weight excluding hydrogens is 499 g/mol. The molecule has 35 heavy (non-hydrogen) atoms. The number of nitrogens with one attached hydrogen (secondary N) is 1. The number of amides is 1. The number of carboxylic acid groups (broad SMARTS) is 1.